The van der Waals surface area contributed by atoms with Crippen LogP contribution in [-0.4, -0.2) is 24.5 Å². The van der Waals surface area contributed by atoms with Crippen LogP contribution in [0.4, 0.5) is 0 Å². The molecule has 0 aromatic heterocycles. The zero-order valence-corrected chi connectivity index (χ0v) is 14.7. The first-order valence-corrected chi connectivity index (χ1v) is 9.41. The van der Waals surface area contributed by atoms with Gasteiger partial charge < -0.3 is 5.32 Å². The molecule has 0 atom stereocenters. The average molecular weight is 322 g/mol. The molecule has 1 fully saturated rings. The Hall–Kier alpha value is -1.64. The van der Waals surface area contributed by atoms with Crippen molar-refractivity contribution in [2.45, 2.75) is 38.8 Å². The SMILES string of the molecule is c1ccc(CN(CCNCC2CCCC2)Cc2ccccc2)cc1. The fourth-order valence-electron chi connectivity index (χ4n) is 3.66. The third-order valence-electron chi connectivity index (χ3n) is 5.01. The maximum absolute atomic E-state index is 3.69. The molecule has 0 amide bonds. The number of nitrogens with one attached hydrogen (secondary N) is 1. The summed E-state index contributed by atoms with van der Waals surface area (Å²) in [5.41, 5.74) is 2.79. The van der Waals surface area contributed by atoms with Gasteiger partial charge in [-0.2, -0.15) is 0 Å². The van der Waals surface area contributed by atoms with Crippen LogP contribution >= 0.6 is 0 Å². The Balaban J connectivity index is 1.50. The molecule has 2 aromatic rings. The summed E-state index contributed by atoms with van der Waals surface area (Å²) in [5, 5.41) is 3.69. The molecule has 0 aliphatic heterocycles. The minimum Gasteiger partial charge on any atom is -0.315 e. The van der Waals surface area contributed by atoms with Crippen LogP contribution in [0, 0.1) is 5.92 Å². The third kappa shape index (κ3) is 5.77. The lowest BCUT2D eigenvalue weighted by molar-refractivity contribution is 0.254. The first-order valence-electron chi connectivity index (χ1n) is 9.41. The van der Waals surface area contributed by atoms with E-state index in [-0.39, 0.29) is 0 Å². The molecule has 24 heavy (non-hydrogen) atoms. The highest BCUT2D eigenvalue weighted by Crippen LogP contribution is 2.23. The summed E-state index contributed by atoms with van der Waals surface area (Å²) < 4.78 is 0. The van der Waals surface area contributed by atoms with Gasteiger partial charge in [-0.15, -0.1) is 0 Å². The summed E-state index contributed by atoms with van der Waals surface area (Å²) in [5.74, 6) is 0.918. The Morgan fingerprint density at radius 2 is 1.33 bits per heavy atom. The second kappa shape index (κ2) is 9.61. The van der Waals surface area contributed by atoms with E-state index >= 15 is 0 Å². The molecule has 128 valence electrons. The summed E-state index contributed by atoms with van der Waals surface area (Å²) in [6.07, 6.45) is 5.70. The highest BCUT2D eigenvalue weighted by atomic mass is 15.1. The molecular formula is C22H30N2. The Kier molecular flexibility index (Phi) is 6.88. The van der Waals surface area contributed by atoms with Gasteiger partial charge in [0.1, 0.15) is 0 Å². The molecule has 1 aliphatic carbocycles. The van der Waals surface area contributed by atoms with Crippen LogP contribution in [0.15, 0.2) is 60.7 Å². The fraction of sp³-hybridized carbons (Fsp3) is 0.455. The Bertz CT molecular complexity index is 520. The van der Waals surface area contributed by atoms with E-state index in [1.807, 2.05) is 0 Å². The zero-order chi connectivity index (χ0) is 16.5. The molecule has 1 aliphatic rings. The Morgan fingerprint density at radius 3 is 1.88 bits per heavy atom. The highest BCUT2D eigenvalue weighted by Gasteiger charge is 2.14. The van der Waals surface area contributed by atoms with Crippen molar-refractivity contribution in [3.63, 3.8) is 0 Å². The topological polar surface area (TPSA) is 15.3 Å². The molecule has 2 heteroatoms. The monoisotopic (exact) mass is 322 g/mol. The minimum absolute atomic E-state index is 0.918. The number of nitrogens with zero attached hydrogens (tertiary/aromatic N) is 1. The first-order chi connectivity index (χ1) is 11.9. The van der Waals surface area contributed by atoms with Crippen LogP contribution < -0.4 is 5.32 Å². The van der Waals surface area contributed by atoms with Gasteiger partial charge in [0.2, 0.25) is 0 Å². The second-order valence-electron chi connectivity index (χ2n) is 7.04. The predicted octanol–water partition coefficient (Wildman–Crippen LogP) is 4.47. The van der Waals surface area contributed by atoms with Crippen molar-refractivity contribution >= 4 is 0 Å². The molecule has 0 heterocycles. The van der Waals surface area contributed by atoms with Crippen molar-refractivity contribution in [2.75, 3.05) is 19.6 Å². The minimum atomic E-state index is 0.918. The van der Waals surface area contributed by atoms with Crippen molar-refractivity contribution in [3.8, 4) is 0 Å². The van der Waals surface area contributed by atoms with Crippen LogP contribution in [0.1, 0.15) is 36.8 Å². The molecule has 2 nitrogen and oxygen atoms in total. The molecule has 1 saturated carbocycles. The van der Waals surface area contributed by atoms with Crippen molar-refractivity contribution in [3.05, 3.63) is 71.8 Å². The van der Waals surface area contributed by atoms with Gasteiger partial charge in [0.15, 0.2) is 0 Å². The maximum Gasteiger partial charge on any atom is 0.0237 e. The van der Waals surface area contributed by atoms with E-state index < -0.39 is 0 Å². The van der Waals surface area contributed by atoms with Crippen LogP contribution in [0.5, 0.6) is 0 Å². The molecular weight excluding hydrogens is 292 g/mol. The smallest absolute Gasteiger partial charge is 0.0237 e. The van der Waals surface area contributed by atoms with Gasteiger partial charge in [0.25, 0.3) is 0 Å². The van der Waals surface area contributed by atoms with E-state index in [1.54, 1.807) is 0 Å². The quantitative estimate of drug-likeness (QED) is 0.685. The third-order valence-corrected chi connectivity index (χ3v) is 5.01. The molecule has 0 saturated heterocycles. The lowest BCUT2D eigenvalue weighted by atomic mass is 10.1. The number of hydrogen-bond donors (Lipinski definition) is 1. The second-order valence-corrected chi connectivity index (χ2v) is 7.04. The highest BCUT2D eigenvalue weighted by molar-refractivity contribution is 5.17. The fourth-order valence-corrected chi connectivity index (χ4v) is 3.66. The summed E-state index contributed by atoms with van der Waals surface area (Å²) in [6.45, 7) is 5.40. The van der Waals surface area contributed by atoms with E-state index in [0.29, 0.717) is 0 Å². The lowest BCUT2D eigenvalue weighted by Crippen LogP contribution is -2.33. The summed E-state index contributed by atoms with van der Waals surface area (Å²) in [6, 6.07) is 21.6. The van der Waals surface area contributed by atoms with E-state index in [1.165, 1.54) is 43.4 Å². The maximum atomic E-state index is 3.69. The number of hydrogen-bond acceptors (Lipinski definition) is 2. The average Bonchev–Trinajstić information content (AvgIpc) is 3.14. The summed E-state index contributed by atoms with van der Waals surface area (Å²) in [4.78, 5) is 2.55. The molecule has 0 unspecified atom stereocenters. The van der Waals surface area contributed by atoms with Crippen molar-refractivity contribution in [1.82, 2.24) is 10.2 Å². The molecule has 0 bridgehead atoms. The van der Waals surface area contributed by atoms with E-state index in [0.717, 1.165) is 32.1 Å². The van der Waals surface area contributed by atoms with Crippen LogP contribution in [0.2, 0.25) is 0 Å². The van der Waals surface area contributed by atoms with Crippen molar-refractivity contribution in [2.24, 2.45) is 5.92 Å². The molecule has 0 radical (unpaired) electrons. The largest absolute Gasteiger partial charge is 0.315 e. The van der Waals surface area contributed by atoms with Gasteiger partial charge in [-0.25, -0.2) is 0 Å². The van der Waals surface area contributed by atoms with E-state index in [9.17, 15) is 0 Å². The molecule has 2 aromatic carbocycles. The van der Waals surface area contributed by atoms with E-state index in [4.69, 9.17) is 0 Å². The van der Waals surface area contributed by atoms with Crippen molar-refractivity contribution < 1.29 is 0 Å². The number of benzene rings is 2. The van der Waals surface area contributed by atoms with Gasteiger partial charge in [-0.1, -0.05) is 73.5 Å². The standard InChI is InChI=1S/C22H30N2/c1-3-11-21(12-4-1)18-24(19-22-13-5-2-6-14-22)16-15-23-17-20-9-7-8-10-20/h1-6,11-14,20,23H,7-10,15-19H2. The van der Waals surface area contributed by atoms with Gasteiger partial charge in [-0.3, -0.25) is 4.90 Å². The summed E-state index contributed by atoms with van der Waals surface area (Å²) in [7, 11) is 0. The normalized spacial score (nSPS) is 15.2. The first kappa shape index (κ1) is 17.2. The van der Waals surface area contributed by atoms with Gasteiger partial charge in [0, 0.05) is 26.2 Å². The van der Waals surface area contributed by atoms with Gasteiger partial charge >= 0.3 is 0 Å². The molecule has 1 N–H and O–H groups in total. The Morgan fingerprint density at radius 1 is 0.792 bits per heavy atom. The van der Waals surface area contributed by atoms with Crippen LogP contribution in [-0.2, 0) is 13.1 Å². The lowest BCUT2D eigenvalue weighted by Gasteiger charge is -2.23. The van der Waals surface area contributed by atoms with Crippen LogP contribution in [0.3, 0.4) is 0 Å². The van der Waals surface area contributed by atoms with Crippen molar-refractivity contribution in [1.29, 1.82) is 0 Å². The molecule has 0 spiro atoms. The Labute approximate surface area is 146 Å². The molecule has 3 rings (SSSR count). The summed E-state index contributed by atoms with van der Waals surface area (Å²) >= 11 is 0. The predicted molar refractivity (Wildman–Crippen MR) is 102 cm³/mol. The van der Waals surface area contributed by atoms with Crippen LogP contribution in [0.25, 0.3) is 0 Å². The van der Waals surface area contributed by atoms with E-state index in [2.05, 4.69) is 70.9 Å². The van der Waals surface area contributed by atoms with Gasteiger partial charge in [0.05, 0.1) is 0 Å². The zero-order valence-electron chi connectivity index (χ0n) is 14.7. The van der Waals surface area contributed by atoms with Gasteiger partial charge in [-0.05, 0) is 36.4 Å². The number of rotatable bonds is 9.